The zero-order valence-corrected chi connectivity index (χ0v) is 13.5. The number of rotatable bonds is 4. The van der Waals surface area contributed by atoms with E-state index in [4.69, 9.17) is 14.3 Å². The largest absolute Gasteiger partial charge is 0.496 e. The summed E-state index contributed by atoms with van der Waals surface area (Å²) >= 11 is 0. The molecule has 1 amide bonds. The number of hydrogen-bond donors (Lipinski definition) is 2. The molecule has 0 fully saturated rings. The summed E-state index contributed by atoms with van der Waals surface area (Å²) in [6.45, 7) is 5.47. The lowest BCUT2D eigenvalue weighted by Gasteiger charge is -2.18. The molecule has 1 aromatic heterocycles. The van der Waals surface area contributed by atoms with Crippen LogP contribution in [-0.2, 0) is 4.79 Å². The summed E-state index contributed by atoms with van der Waals surface area (Å²) in [6, 6.07) is 8.04. The first-order chi connectivity index (χ1) is 10.7. The van der Waals surface area contributed by atoms with Crippen LogP contribution in [0.25, 0.3) is 11.3 Å². The highest BCUT2D eigenvalue weighted by Gasteiger charge is 2.22. The first-order valence-corrected chi connectivity index (χ1v) is 7.05. The lowest BCUT2D eigenvalue weighted by molar-refractivity contribution is -0.123. The fourth-order valence-electron chi connectivity index (χ4n) is 1.89. The van der Waals surface area contributed by atoms with Crippen molar-refractivity contribution in [2.75, 3.05) is 12.4 Å². The van der Waals surface area contributed by atoms with Crippen molar-refractivity contribution in [3.63, 3.8) is 0 Å². The topological polar surface area (TPSA) is 88.8 Å². The maximum atomic E-state index is 12.0. The maximum Gasteiger partial charge on any atom is 0.371 e. The zero-order chi connectivity index (χ0) is 17.2. The number of hydrogen-bond acceptors (Lipinski definition) is 4. The number of amides is 1. The highest BCUT2D eigenvalue weighted by atomic mass is 16.5. The monoisotopic (exact) mass is 317 g/mol. The van der Waals surface area contributed by atoms with Crippen molar-refractivity contribution in [2.24, 2.45) is 5.41 Å². The number of methoxy groups -OCH3 is 1. The highest BCUT2D eigenvalue weighted by Crippen LogP contribution is 2.34. The summed E-state index contributed by atoms with van der Waals surface area (Å²) in [4.78, 5) is 22.9. The zero-order valence-electron chi connectivity index (χ0n) is 13.5. The van der Waals surface area contributed by atoms with Gasteiger partial charge < -0.3 is 19.6 Å². The van der Waals surface area contributed by atoms with E-state index in [1.807, 2.05) is 20.8 Å². The van der Waals surface area contributed by atoms with Crippen LogP contribution >= 0.6 is 0 Å². The van der Waals surface area contributed by atoms with Gasteiger partial charge in [0.1, 0.15) is 11.5 Å². The fourth-order valence-corrected chi connectivity index (χ4v) is 1.89. The smallest absolute Gasteiger partial charge is 0.371 e. The van der Waals surface area contributed by atoms with Gasteiger partial charge in [-0.2, -0.15) is 0 Å². The molecule has 0 aliphatic carbocycles. The average molecular weight is 317 g/mol. The Labute approximate surface area is 134 Å². The van der Waals surface area contributed by atoms with Crippen molar-refractivity contribution in [1.29, 1.82) is 0 Å². The number of carboxylic acid groups (broad SMARTS) is 1. The molecule has 0 radical (unpaired) electrons. The quantitative estimate of drug-likeness (QED) is 0.898. The predicted octanol–water partition coefficient (Wildman–Crippen LogP) is 3.64. The van der Waals surface area contributed by atoms with Crippen molar-refractivity contribution in [1.82, 2.24) is 0 Å². The summed E-state index contributed by atoms with van der Waals surface area (Å²) in [6.07, 6.45) is 0. The second-order valence-electron chi connectivity index (χ2n) is 6.09. The molecule has 2 N–H and O–H groups in total. The van der Waals surface area contributed by atoms with E-state index in [2.05, 4.69) is 5.32 Å². The molecular weight excluding hydrogens is 298 g/mol. The minimum absolute atomic E-state index is 0.113. The summed E-state index contributed by atoms with van der Waals surface area (Å²) in [5.41, 5.74) is 0.688. The van der Waals surface area contributed by atoms with Crippen molar-refractivity contribution >= 4 is 17.6 Å². The van der Waals surface area contributed by atoms with Gasteiger partial charge in [-0.3, -0.25) is 4.79 Å². The summed E-state index contributed by atoms with van der Waals surface area (Å²) in [5.74, 6) is -0.536. The van der Waals surface area contributed by atoms with Crippen LogP contribution in [0.5, 0.6) is 5.75 Å². The van der Waals surface area contributed by atoms with Crippen molar-refractivity contribution in [3.8, 4) is 17.1 Å². The van der Waals surface area contributed by atoms with Gasteiger partial charge in [0, 0.05) is 17.2 Å². The Kier molecular flexibility index (Phi) is 4.45. The van der Waals surface area contributed by atoms with Gasteiger partial charge in [-0.1, -0.05) is 20.8 Å². The first kappa shape index (κ1) is 16.6. The summed E-state index contributed by atoms with van der Waals surface area (Å²) in [5, 5.41) is 11.7. The van der Waals surface area contributed by atoms with E-state index in [9.17, 15) is 9.59 Å². The minimum atomic E-state index is -1.13. The van der Waals surface area contributed by atoms with Gasteiger partial charge in [-0.05, 0) is 24.3 Å². The van der Waals surface area contributed by atoms with E-state index in [0.717, 1.165) is 0 Å². The van der Waals surface area contributed by atoms with E-state index in [1.54, 1.807) is 24.3 Å². The first-order valence-electron chi connectivity index (χ1n) is 7.05. The predicted molar refractivity (Wildman–Crippen MR) is 85.7 cm³/mol. The van der Waals surface area contributed by atoms with E-state index in [1.165, 1.54) is 13.2 Å². The molecule has 2 rings (SSSR count). The van der Waals surface area contributed by atoms with Crippen molar-refractivity contribution in [3.05, 3.63) is 36.1 Å². The lowest BCUT2D eigenvalue weighted by Crippen LogP contribution is -2.27. The van der Waals surface area contributed by atoms with Gasteiger partial charge in [-0.15, -0.1) is 0 Å². The van der Waals surface area contributed by atoms with Crippen LogP contribution in [0.1, 0.15) is 31.3 Å². The average Bonchev–Trinajstić information content (AvgIpc) is 2.96. The number of aromatic carboxylic acids is 1. The molecule has 0 saturated heterocycles. The van der Waals surface area contributed by atoms with Gasteiger partial charge >= 0.3 is 5.97 Å². The van der Waals surface area contributed by atoms with Crippen molar-refractivity contribution < 1.29 is 23.8 Å². The Balaban J connectivity index is 2.32. The number of furan rings is 1. The molecule has 6 heteroatoms. The van der Waals surface area contributed by atoms with E-state index < -0.39 is 11.4 Å². The molecule has 23 heavy (non-hydrogen) atoms. The van der Waals surface area contributed by atoms with E-state index in [-0.39, 0.29) is 11.7 Å². The van der Waals surface area contributed by atoms with Gasteiger partial charge in [0.2, 0.25) is 11.7 Å². The van der Waals surface area contributed by atoms with Gasteiger partial charge in [-0.25, -0.2) is 4.79 Å². The number of carbonyl (C=O) groups excluding carboxylic acids is 1. The van der Waals surface area contributed by atoms with Gasteiger partial charge in [0.05, 0.1) is 12.7 Å². The highest BCUT2D eigenvalue weighted by molar-refractivity contribution is 5.95. The third-order valence-electron chi connectivity index (χ3n) is 3.22. The van der Waals surface area contributed by atoms with Gasteiger partial charge in [0.25, 0.3) is 0 Å². The van der Waals surface area contributed by atoms with Crippen LogP contribution in [0.3, 0.4) is 0 Å². The fraction of sp³-hybridized carbons (Fsp3) is 0.294. The van der Waals surface area contributed by atoms with E-state index >= 15 is 0 Å². The molecule has 0 aliphatic rings. The number of anilines is 1. The molecule has 0 unspecified atom stereocenters. The van der Waals surface area contributed by atoms with Crippen LogP contribution in [0.15, 0.2) is 34.7 Å². The van der Waals surface area contributed by atoms with Crippen LogP contribution in [-0.4, -0.2) is 24.1 Å². The molecule has 0 atom stereocenters. The second kappa shape index (κ2) is 6.16. The molecule has 0 saturated carbocycles. The lowest BCUT2D eigenvalue weighted by atomic mass is 9.95. The Hall–Kier alpha value is -2.76. The minimum Gasteiger partial charge on any atom is -0.496 e. The number of carboxylic acids is 1. The Morgan fingerprint density at radius 3 is 2.39 bits per heavy atom. The molecule has 0 spiro atoms. The maximum absolute atomic E-state index is 12.0. The summed E-state index contributed by atoms with van der Waals surface area (Å²) in [7, 11) is 1.50. The molecule has 1 aromatic carbocycles. The molecular formula is C17H19NO5. The standard InChI is InChI=1S/C17H19NO5/c1-17(2,3)16(21)18-10-5-6-11(14(9-10)22-4)12-7-8-13(23-12)15(19)20/h5-9H,1-4H3,(H,18,21)(H,19,20). The number of ether oxygens (including phenoxy) is 1. The third kappa shape index (κ3) is 3.71. The van der Waals surface area contributed by atoms with Gasteiger partial charge in [0.15, 0.2) is 0 Å². The van der Waals surface area contributed by atoms with Crippen LogP contribution in [0, 0.1) is 5.41 Å². The Morgan fingerprint density at radius 2 is 1.87 bits per heavy atom. The molecule has 0 aliphatic heterocycles. The Morgan fingerprint density at radius 1 is 1.17 bits per heavy atom. The van der Waals surface area contributed by atoms with Crippen LogP contribution in [0.4, 0.5) is 5.69 Å². The normalized spacial score (nSPS) is 11.1. The third-order valence-corrected chi connectivity index (χ3v) is 3.22. The number of carbonyl (C=O) groups is 2. The molecule has 1 heterocycles. The second-order valence-corrected chi connectivity index (χ2v) is 6.09. The SMILES string of the molecule is COc1cc(NC(=O)C(C)(C)C)ccc1-c1ccc(C(=O)O)o1. The number of benzene rings is 1. The van der Waals surface area contributed by atoms with E-state index in [0.29, 0.717) is 22.8 Å². The Bertz CT molecular complexity index is 740. The summed E-state index contributed by atoms with van der Waals surface area (Å²) < 4.78 is 10.6. The molecule has 2 aromatic rings. The molecule has 122 valence electrons. The number of nitrogens with one attached hydrogen (secondary N) is 1. The van der Waals surface area contributed by atoms with Crippen LogP contribution < -0.4 is 10.1 Å². The van der Waals surface area contributed by atoms with Crippen molar-refractivity contribution in [2.45, 2.75) is 20.8 Å². The molecule has 6 nitrogen and oxygen atoms in total. The molecule has 0 bridgehead atoms. The van der Waals surface area contributed by atoms with Crippen LogP contribution in [0.2, 0.25) is 0 Å².